The molecule has 0 spiro atoms. The maximum atomic E-state index is 13.8. The van der Waals surface area contributed by atoms with Crippen LogP contribution in [0.5, 0.6) is 17.2 Å². The molecule has 0 aromatic heterocycles. The molecule has 0 aliphatic rings. The Kier molecular flexibility index (Phi) is 6.60. The average molecular weight is 406 g/mol. The molecule has 6 heteroatoms. The van der Waals surface area contributed by atoms with Crippen LogP contribution in [0.25, 0.3) is 6.08 Å². The number of hydrogen-bond acceptors (Lipinski definition) is 5. The summed E-state index contributed by atoms with van der Waals surface area (Å²) >= 11 is 0. The Labute approximate surface area is 173 Å². The van der Waals surface area contributed by atoms with Gasteiger partial charge < -0.3 is 14.2 Å². The number of methoxy groups -OCH3 is 2. The van der Waals surface area contributed by atoms with Crippen LogP contribution in [-0.2, 0) is 0 Å². The lowest BCUT2D eigenvalue weighted by Gasteiger charge is -2.09. The first-order valence-corrected chi connectivity index (χ1v) is 9.03. The van der Waals surface area contributed by atoms with Gasteiger partial charge in [0.1, 0.15) is 23.1 Å². The van der Waals surface area contributed by atoms with Crippen LogP contribution in [-0.4, -0.2) is 26.0 Å². The van der Waals surface area contributed by atoms with Crippen LogP contribution >= 0.6 is 0 Å². The molecule has 3 aromatic rings. The maximum absolute atomic E-state index is 13.8. The Balaban J connectivity index is 1.84. The summed E-state index contributed by atoms with van der Waals surface area (Å²) in [5.41, 5.74) is 0.882. The van der Waals surface area contributed by atoms with E-state index >= 15 is 0 Å². The van der Waals surface area contributed by atoms with Crippen molar-refractivity contribution < 1.29 is 28.2 Å². The molecule has 30 heavy (non-hydrogen) atoms. The van der Waals surface area contributed by atoms with Crippen molar-refractivity contribution in [1.29, 1.82) is 0 Å². The van der Waals surface area contributed by atoms with Crippen molar-refractivity contribution in [3.8, 4) is 17.2 Å². The summed E-state index contributed by atoms with van der Waals surface area (Å²) in [4.78, 5) is 25.1. The average Bonchev–Trinajstić information content (AvgIpc) is 2.78. The zero-order chi connectivity index (χ0) is 21.5. The highest BCUT2D eigenvalue weighted by Crippen LogP contribution is 2.24. The lowest BCUT2D eigenvalue weighted by molar-refractivity contribution is 0.0733. The van der Waals surface area contributed by atoms with Gasteiger partial charge in [0.05, 0.1) is 25.3 Å². The second-order valence-electron chi connectivity index (χ2n) is 6.20. The predicted molar refractivity (Wildman–Crippen MR) is 111 cm³/mol. The number of ether oxygens (including phenoxy) is 3. The lowest BCUT2D eigenvalue weighted by atomic mass is 10.1. The van der Waals surface area contributed by atoms with Gasteiger partial charge in [0, 0.05) is 5.56 Å². The molecule has 0 amide bonds. The van der Waals surface area contributed by atoms with E-state index in [1.165, 1.54) is 38.5 Å². The normalized spacial score (nSPS) is 10.6. The molecule has 0 unspecified atom stereocenters. The van der Waals surface area contributed by atoms with Crippen molar-refractivity contribution in [1.82, 2.24) is 0 Å². The predicted octanol–water partition coefficient (Wildman–Crippen LogP) is 4.96. The summed E-state index contributed by atoms with van der Waals surface area (Å²) in [6.07, 6.45) is 2.83. The molecule has 0 fully saturated rings. The molecule has 3 aromatic carbocycles. The monoisotopic (exact) mass is 406 g/mol. The second-order valence-corrected chi connectivity index (χ2v) is 6.20. The highest BCUT2D eigenvalue weighted by atomic mass is 19.1. The molecular weight excluding hydrogens is 387 g/mol. The van der Waals surface area contributed by atoms with Gasteiger partial charge >= 0.3 is 5.97 Å². The summed E-state index contributed by atoms with van der Waals surface area (Å²) in [5.74, 6) is -0.664. The van der Waals surface area contributed by atoms with Gasteiger partial charge in [-0.2, -0.15) is 0 Å². The van der Waals surface area contributed by atoms with Gasteiger partial charge in [-0.15, -0.1) is 0 Å². The number of ketones is 1. The first-order chi connectivity index (χ1) is 14.5. The fraction of sp³-hybridized carbons (Fsp3) is 0.0833. The van der Waals surface area contributed by atoms with Crippen LogP contribution in [0.15, 0.2) is 72.8 Å². The Morgan fingerprint density at radius 3 is 2.30 bits per heavy atom. The first kappa shape index (κ1) is 20.8. The van der Waals surface area contributed by atoms with Crippen LogP contribution in [0, 0.1) is 5.82 Å². The number of rotatable bonds is 7. The number of allylic oxidation sites excluding steroid dienone is 1. The Bertz CT molecular complexity index is 1090. The Hall–Kier alpha value is -3.93. The molecule has 0 aliphatic carbocycles. The van der Waals surface area contributed by atoms with E-state index in [-0.39, 0.29) is 16.9 Å². The highest BCUT2D eigenvalue weighted by molar-refractivity contribution is 6.09. The molecule has 0 aliphatic heterocycles. The van der Waals surface area contributed by atoms with Crippen molar-refractivity contribution in [2.24, 2.45) is 0 Å². The molecular formula is C24H19FO5. The summed E-state index contributed by atoms with van der Waals surface area (Å²) in [7, 11) is 3.04. The van der Waals surface area contributed by atoms with Crippen molar-refractivity contribution in [3.05, 3.63) is 95.3 Å². The van der Waals surface area contributed by atoms with E-state index in [0.717, 1.165) is 12.1 Å². The number of para-hydroxylation sites is 1. The number of carbonyl (C=O) groups excluding carboxylic acids is 2. The van der Waals surface area contributed by atoms with Crippen LogP contribution in [0.2, 0.25) is 0 Å². The van der Waals surface area contributed by atoms with Gasteiger partial charge in [0.25, 0.3) is 0 Å². The molecule has 5 nitrogen and oxygen atoms in total. The Morgan fingerprint density at radius 1 is 0.867 bits per heavy atom. The third-order valence-corrected chi connectivity index (χ3v) is 4.29. The smallest absolute Gasteiger partial charge is 0.343 e. The van der Waals surface area contributed by atoms with Crippen LogP contribution in [0.3, 0.4) is 0 Å². The molecule has 152 valence electrons. The van der Waals surface area contributed by atoms with Gasteiger partial charge in [-0.3, -0.25) is 4.79 Å². The molecule has 3 rings (SSSR count). The minimum absolute atomic E-state index is 0.0353. The van der Waals surface area contributed by atoms with Crippen molar-refractivity contribution in [2.75, 3.05) is 14.2 Å². The minimum Gasteiger partial charge on any atom is -0.497 e. The van der Waals surface area contributed by atoms with E-state index in [4.69, 9.17) is 14.2 Å². The molecule has 0 heterocycles. The molecule has 0 atom stereocenters. The van der Waals surface area contributed by atoms with E-state index in [9.17, 15) is 14.0 Å². The third-order valence-electron chi connectivity index (χ3n) is 4.29. The quantitative estimate of drug-likeness (QED) is 0.240. The standard InChI is InChI=1S/C24H19FO5/c1-28-19-11-7-17(8-12-19)24(27)30-23-14-10-18(25)15-20(23)21(26)13-9-16-5-3-4-6-22(16)29-2/h3-15H,1-2H3/b13-9+. The van der Waals surface area contributed by atoms with Crippen LogP contribution in [0.1, 0.15) is 26.3 Å². The fourth-order valence-corrected chi connectivity index (χ4v) is 2.73. The van der Waals surface area contributed by atoms with Crippen molar-refractivity contribution >= 4 is 17.8 Å². The minimum atomic E-state index is -0.674. The topological polar surface area (TPSA) is 61.8 Å². The lowest BCUT2D eigenvalue weighted by Crippen LogP contribution is -2.11. The van der Waals surface area contributed by atoms with Crippen LogP contribution < -0.4 is 14.2 Å². The second kappa shape index (κ2) is 9.52. The van der Waals surface area contributed by atoms with Crippen molar-refractivity contribution in [2.45, 2.75) is 0 Å². The Morgan fingerprint density at radius 2 is 1.60 bits per heavy atom. The number of halogens is 1. The molecule has 0 N–H and O–H groups in total. The summed E-state index contributed by atoms with van der Waals surface area (Å²) in [6, 6.07) is 16.9. The van der Waals surface area contributed by atoms with Gasteiger partial charge in [0.2, 0.25) is 0 Å². The zero-order valence-electron chi connectivity index (χ0n) is 16.4. The number of benzene rings is 3. The number of hydrogen-bond donors (Lipinski definition) is 0. The molecule has 0 saturated carbocycles. The number of esters is 1. The third kappa shape index (κ3) is 4.91. The number of carbonyl (C=O) groups is 2. The zero-order valence-corrected chi connectivity index (χ0v) is 16.4. The van der Waals surface area contributed by atoms with Crippen molar-refractivity contribution in [3.63, 3.8) is 0 Å². The SMILES string of the molecule is COc1ccc(C(=O)Oc2ccc(F)cc2C(=O)/C=C/c2ccccc2OC)cc1. The first-order valence-electron chi connectivity index (χ1n) is 9.03. The highest BCUT2D eigenvalue weighted by Gasteiger charge is 2.16. The fourth-order valence-electron chi connectivity index (χ4n) is 2.73. The van der Waals surface area contributed by atoms with Gasteiger partial charge in [-0.25, -0.2) is 9.18 Å². The maximum Gasteiger partial charge on any atom is 0.343 e. The molecule has 0 radical (unpaired) electrons. The largest absolute Gasteiger partial charge is 0.497 e. The van der Waals surface area contributed by atoms with E-state index in [2.05, 4.69) is 0 Å². The molecule has 0 saturated heterocycles. The van der Waals surface area contributed by atoms with Gasteiger partial charge in [-0.05, 0) is 60.7 Å². The van der Waals surface area contributed by atoms with Gasteiger partial charge in [-0.1, -0.05) is 18.2 Å². The van der Waals surface area contributed by atoms with E-state index < -0.39 is 17.6 Å². The van der Waals surface area contributed by atoms with Gasteiger partial charge in [0.15, 0.2) is 5.78 Å². The van der Waals surface area contributed by atoms with Crippen LogP contribution in [0.4, 0.5) is 4.39 Å². The van der Waals surface area contributed by atoms with E-state index in [1.54, 1.807) is 42.5 Å². The summed E-state index contributed by atoms with van der Waals surface area (Å²) in [6.45, 7) is 0. The molecule has 0 bridgehead atoms. The van der Waals surface area contributed by atoms with E-state index in [1.807, 2.05) is 0 Å². The summed E-state index contributed by atoms with van der Waals surface area (Å²) in [5, 5.41) is 0. The van der Waals surface area contributed by atoms with E-state index in [0.29, 0.717) is 17.1 Å². The summed E-state index contributed by atoms with van der Waals surface area (Å²) < 4.78 is 29.4.